The fourth-order valence-electron chi connectivity index (χ4n) is 2.10. The van der Waals surface area contributed by atoms with Crippen LogP contribution >= 0.6 is 0 Å². The maximum atomic E-state index is 5.92. The summed E-state index contributed by atoms with van der Waals surface area (Å²) < 4.78 is 10.0. The molecule has 0 rings (SSSR count). The maximum absolute atomic E-state index is 5.92. The molecule has 0 spiro atoms. The third-order valence-corrected chi connectivity index (χ3v) is 16.4. The van der Waals surface area contributed by atoms with Gasteiger partial charge in [0, 0.05) is 0 Å². The zero-order valence-electron chi connectivity index (χ0n) is 9.44. The third-order valence-electron chi connectivity index (χ3n) is 2.45. The second-order valence-electron chi connectivity index (χ2n) is 3.72. The second kappa shape index (κ2) is 7.72. The summed E-state index contributed by atoms with van der Waals surface area (Å²) in [6.45, 7) is 10.5. The molecule has 2 heteroatoms. The molecule has 0 amide bonds. The summed E-state index contributed by atoms with van der Waals surface area (Å²) in [5, 5.41) is 0. The van der Waals surface area contributed by atoms with E-state index in [4.69, 9.17) is 3.07 Å². The van der Waals surface area contributed by atoms with Crippen LogP contribution in [0.4, 0.5) is 0 Å². The SMILES string of the molecule is C=C[O][Sn]([CH2]CC)([CH2]CC)[CH2]CC. The summed E-state index contributed by atoms with van der Waals surface area (Å²) in [6.07, 6.45) is 5.55. The summed E-state index contributed by atoms with van der Waals surface area (Å²) in [4.78, 5) is 0. The standard InChI is InChI=1S/3C3H7.C2H4O.Sn/c3*1-3-2;1-2-3;/h3*1,3H2,2H3;2-3H,1H2;/q;;;;+1/p-1. The van der Waals surface area contributed by atoms with E-state index in [2.05, 4.69) is 27.4 Å². The van der Waals surface area contributed by atoms with E-state index in [0.29, 0.717) is 0 Å². The minimum absolute atomic E-state index is 1.28. The van der Waals surface area contributed by atoms with Crippen LogP contribution in [0.2, 0.25) is 13.3 Å². The average molecular weight is 291 g/mol. The predicted octanol–water partition coefficient (Wildman–Crippen LogP) is 4.32. The van der Waals surface area contributed by atoms with Crippen molar-refractivity contribution in [3.63, 3.8) is 0 Å². The molecule has 78 valence electrons. The van der Waals surface area contributed by atoms with Gasteiger partial charge >= 0.3 is 88.1 Å². The van der Waals surface area contributed by atoms with Crippen molar-refractivity contribution in [2.24, 2.45) is 0 Å². The van der Waals surface area contributed by atoms with Crippen molar-refractivity contribution < 1.29 is 3.07 Å². The molecular weight excluding hydrogens is 267 g/mol. The Balaban J connectivity index is 4.27. The van der Waals surface area contributed by atoms with Crippen LogP contribution in [0.15, 0.2) is 12.8 Å². The van der Waals surface area contributed by atoms with Crippen molar-refractivity contribution in [1.82, 2.24) is 0 Å². The Morgan fingerprint density at radius 1 is 1.00 bits per heavy atom. The molecule has 0 N–H and O–H groups in total. The topological polar surface area (TPSA) is 9.23 Å². The molecule has 0 aromatic rings. The van der Waals surface area contributed by atoms with Crippen LogP contribution in [0.3, 0.4) is 0 Å². The van der Waals surface area contributed by atoms with Crippen LogP contribution in [0, 0.1) is 0 Å². The first-order valence-electron chi connectivity index (χ1n) is 5.53. The average Bonchev–Trinajstić information content (AvgIpc) is 2.06. The molecule has 0 atom stereocenters. The number of hydrogen-bond donors (Lipinski definition) is 0. The first kappa shape index (κ1) is 13.3. The van der Waals surface area contributed by atoms with Gasteiger partial charge in [-0.3, -0.25) is 0 Å². The van der Waals surface area contributed by atoms with Gasteiger partial charge in [-0.05, 0) is 0 Å². The molecule has 0 unspecified atom stereocenters. The second-order valence-corrected chi connectivity index (χ2v) is 15.4. The Labute approximate surface area is 88.0 Å². The van der Waals surface area contributed by atoms with Gasteiger partial charge in [0.2, 0.25) is 0 Å². The van der Waals surface area contributed by atoms with Crippen LogP contribution < -0.4 is 0 Å². The Bertz CT molecular complexity index is 117. The van der Waals surface area contributed by atoms with E-state index in [1.807, 2.05) is 0 Å². The number of hydrogen-bond acceptors (Lipinski definition) is 1. The molecule has 1 nitrogen and oxygen atoms in total. The van der Waals surface area contributed by atoms with Gasteiger partial charge in [-0.25, -0.2) is 0 Å². The number of rotatable bonds is 8. The summed E-state index contributed by atoms with van der Waals surface area (Å²) in [5.41, 5.74) is 0. The molecule has 13 heavy (non-hydrogen) atoms. The van der Waals surface area contributed by atoms with E-state index < -0.39 is 18.8 Å². The van der Waals surface area contributed by atoms with Crippen molar-refractivity contribution in [3.8, 4) is 0 Å². The quantitative estimate of drug-likeness (QED) is 0.478. The van der Waals surface area contributed by atoms with Gasteiger partial charge in [0.25, 0.3) is 0 Å². The van der Waals surface area contributed by atoms with Crippen LogP contribution in [0.1, 0.15) is 40.0 Å². The van der Waals surface area contributed by atoms with E-state index >= 15 is 0 Å². The minimum atomic E-state index is -2.18. The van der Waals surface area contributed by atoms with Crippen LogP contribution in [-0.2, 0) is 3.07 Å². The first-order valence-corrected chi connectivity index (χ1v) is 12.7. The van der Waals surface area contributed by atoms with Gasteiger partial charge in [0.05, 0.1) is 0 Å². The third kappa shape index (κ3) is 4.94. The Kier molecular flexibility index (Phi) is 7.92. The Morgan fingerprint density at radius 3 is 1.62 bits per heavy atom. The summed E-state index contributed by atoms with van der Waals surface area (Å²) in [5.74, 6) is 0. The summed E-state index contributed by atoms with van der Waals surface area (Å²) in [6, 6.07) is 0. The fraction of sp³-hybridized carbons (Fsp3) is 0.818. The molecule has 0 radical (unpaired) electrons. The molecule has 0 aromatic carbocycles. The van der Waals surface area contributed by atoms with Crippen LogP contribution in [0.5, 0.6) is 0 Å². The van der Waals surface area contributed by atoms with Crippen molar-refractivity contribution in [1.29, 1.82) is 0 Å². The van der Waals surface area contributed by atoms with E-state index in [1.54, 1.807) is 6.26 Å². The molecule has 0 saturated carbocycles. The van der Waals surface area contributed by atoms with Gasteiger partial charge < -0.3 is 0 Å². The zero-order valence-corrected chi connectivity index (χ0v) is 12.3. The van der Waals surface area contributed by atoms with Crippen LogP contribution in [0.25, 0.3) is 0 Å². The van der Waals surface area contributed by atoms with Gasteiger partial charge in [-0.15, -0.1) is 0 Å². The van der Waals surface area contributed by atoms with Crippen LogP contribution in [-0.4, -0.2) is 18.8 Å². The monoisotopic (exact) mass is 292 g/mol. The zero-order chi connectivity index (χ0) is 10.2. The summed E-state index contributed by atoms with van der Waals surface area (Å²) in [7, 11) is 0. The molecule has 0 bridgehead atoms. The normalized spacial score (nSPS) is 11.3. The Hall–Kier alpha value is 0.339. The van der Waals surface area contributed by atoms with Crippen molar-refractivity contribution in [3.05, 3.63) is 12.8 Å². The van der Waals surface area contributed by atoms with E-state index in [9.17, 15) is 0 Å². The summed E-state index contributed by atoms with van der Waals surface area (Å²) >= 11 is -2.18. The molecule has 0 aliphatic heterocycles. The van der Waals surface area contributed by atoms with Gasteiger partial charge in [-0.1, -0.05) is 0 Å². The van der Waals surface area contributed by atoms with Gasteiger partial charge in [0.15, 0.2) is 0 Å². The van der Waals surface area contributed by atoms with Gasteiger partial charge in [-0.2, -0.15) is 0 Å². The molecule has 0 heterocycles. The molecule has 0 saturated heterocycles. The molecule has 0 fully saturated rings. The fourth-order valence-corrected chi connectivity index (χ4v) is 14.1. The van der Waals surface area contributed by atoms with Crippen molar-refractivity contribution in [2.75, 3.05) is 0 Å². The molecule has 0 aliphatic rings. The predicted molar refractivity (Wildman–Crippen MR) is 62.3 cm³/mol. The van der Waals surface area contributed by atoms with Crippen molar-refractivity contribution >= 4 is 18.8 Å². The van der Waals surface area contributed by atoms with E-state index in [-0.39, 0.29) is 0 Å². The molecular formula is C11H24OSn. The molecule has 0 aromatic heterocycles. The first-order chi connectivity index (χ1) is 6.24. The van der Waals surface area contributed by atoms with E-state index in [1.165, 1.54) is 32.6 Å². The van der Waals surface area contributed by atoms with E-state index in [0.717, 1.165) is 0 Å². The molecule has 0 aliphatic carbocycles. The Morgan fingerprint density at radius 2 is 1.38 bits per heavy atom. The van der Waals surface area contributed by atoms with Crippen molar-refractivity contribution in [2.45, 2.75) is 53.3 Å². The van der Waals surface area contributed by atoms with Gasteiger partial charge in [0.1, 0.15) is 0 Å².